The SMILES string of the molecule is Cn1cc(S(=O)(=O)Nc2ccc(C#N)cc2Cl)c(N)n1. The third kappa shape index (κ3) is 2.68. The monoisotopic (exact) mass is 311 g/mol. The van der Waals surface area contributed by atoms with Crippen LogP contribution in [0.5, 0.6) is 0 Å². The number of nitrogens with two attached hydrogens (primary N) is 1. The molecule has 0 saturated heterocycles. The quantitative estimate of drug-likeness (QED) is 0.887. The normalized spacial score (nSPS) is 11.1. The zero-order valence-electron chi connectivity index (χ0n) is 10.3. The molecule has 2 aromatic rings. The Kier molecular flexibility index (Phi) is 3.57. The molecule has 9 heteroatoms. The van der Waals surface area contributed by atoms with Gasteiger partial charge in [0.2, 0.25) is 0 Å². The summed E-state index contributed by atoms with van der Waals surface area (Å²) < 4.78 is 28.0. The van der Waals surface area contributed by atoms with Crippen molar-refractivity contribution in [1.82, 2.24) is 9.78 Å². The molecule has 0 amide bonds. The van der Waals surface area contributed by atoms with Gasteiger partial charge in [0.25, 0.3) is 10.0 Å². The van der Waals surface area contributed by atoms with Gasteiger partial charge in [-0.3, -0.25) is 9.40 Å². The van der Waals surface area contributed by atoms with E-state index in [1.165, 1.54) is 29.1 Å². The average molecular weight is 312 g/mol. The Balaban J connectivity index is 2.39. The van der Waals surface area contributed by atoms with E-state index in [1.807, 2.05) is 6.07 Å². The first-order valence-corrected chi connectivity index (χ1v) is 7.21. The first-order chi connectivity index (χ1) is 9.33. The molecular weight excluding hydrogens is 302 g/mol. The average Bonchev–Trinajstić information content (AvgIpc) is 2.71. The molecule has 20 heavy (non-hydrogen) atoms. The Labute approximate surface area is 120 Å². The molecule has 1 aromatic heterocycles. The number of hydrogen-bond donors (Lipinski definition) is 2. The first kappa shape index (κ1) is 14.2. The van der Waals surface area contributed by atoms with Gasteiger partial charge in [-0.15, -0.1) is 0 Å². The summed E-state index contributed by atoms with van der Waals surface area (Å²) in [5.41, 5.74) is 6.03. The van der Waals surface area contributed by atoms with Gasteiger partial charge in [0.1, 0.15) is 4.90 Å². The molecule has 0 fully saturated rings. The number of aryl methyl sites for hydroxylation is 1. The summed E-state index contributed by atoms with van der Waals surface area (Å²) in [6.07, 6.45) is 1.29. The zero-order chi connectivity index (χ0) is 14.9. The highest BCUT2D eigenvalue weighted by molar-refractivity contribution is 7.92. The largest absolute Gasteiger partial charge is 0.381 e. The molecule has 0 unspecified atom stereocenters. The van der Waals surface area contributed by atoms with Gasteiger partial charge < -0.3 is 5.73 Å². The third-order valence-corrected chi connectivity index (χ3v) is 4.15. The molecule has 0 radical (unpaired) electrons. The second kappa shape index (κ2) is 5.03. The number of nitrogen functional groups attached to an aromatic ring is 1. The first-order valence-electron chi connectivity index (χ1n) is 5.35. The molecule has 7 nitrogen and oxygen atoms in total. The number of aromatic nitrogens is 2. The standard InChI is InChI=1S/C11H10ClN5O2S/c1-17-6-10(11(14)15-17)20(18,19)16-9-3-2-7(5-13)4-8(9)12/h2-4,6,16H,1H3,(H2,14,15). The van der Waals surface area contributed by atoms with Gasteiger partial charge in [0.15, 0.2) is 5.82 Å². The summed E-state index contributed by atoms with van der Waals surface area (Å²) in [6, 6.07) is 6.14. The molecule has 0 aliphatic rings. The number of nitrogens with zero attached hydrogens (tertiary/aromatic N) is 3. The summed E-state index contributed by atoms with van der Waals surface area (Å²) in [7, 11) is -2.33. The van der Waals surface area contributed by atoms with Gasteiger partial charge in [-0.25, -0.2) is 8.42 Å². The second-order valence-electron chi connectivity index (χ2n) is 3.96. The summed E-state index contributed by atoms with van der Waals surface area (Å²) in [4.78, 5) is -0.138. The van der Waals surface area contributed by atoms with Crippen LogP contribution in [0, 0.1) is 11.3 Å². The fourth-order valence-corrected chi connectivity index (χ4v) is 3.03. The van der Waals surface area contributed by atoms with E-state index < -0.39 is 10.0 Å². The van der Waals surface area contributed by atoms with Crippen molar-refractivity contribution in [3.63, 3.8) is 0 Å². The fraction of sp³-hybridized carbons (Fsp3) is 0.0909. The highest BCUT2D eigenvalue weighted by Crippen LogP contribution is 2.26. The van der Waals surface area contributed by atoms with Crippen LogP contribution in [0.15, 0.2) is 29.3 Å². The highest BCUT2D eigenvalue weighted by Gasteiger charge is 2.21. The lowest BCUT2D eigenvalue weighted by Crippen LogP contribution is -2.14. The highest BCUT2D eigenvalue weighted by atomic mass is 35.5. The van der Waals surface area contributed by atoms with Crippen molar-refractivity contribution in [3.8, 4) is 6.07 Å². The van der Waals surface area contributed by atoms with Crippen molar-refractivity contribution >= 4 is 33.1 Å². The molecule has 1 heterocycles. The molecule has 0 spiro atoms. The predicted molar refractivity (Wildman–Crippen MR) is 74.6 cm³/mol. The number of benzene rings is 1. The molecule has 1 aromatic carbocycles. The van der Waals surface area contributed by atoms with E-state index >= 15 is 0 Å². The summed E-state index contributed by atoms with van der Waals surface area (Å²) in [6.45, 7) is 0. The number of sulfonamides is 1. The van der Waals surface area contributed by atoms with Crippen LogP contribution in [0.4, 0.5) is 11.5 Å². The Bertz CT molecular complexity index is 807. The second-order valence-corrected chi connectivity index (χ2v) is 6.02. The lowest BCUT2D eigenvalue weighted by molar-refractivity contribution is 0.601. The molecule has 0 bridgehead atoms. The van der Waals surface area contributed by atoms with Crippen LogP contribution in [0.2, 0.25) is 5.02 Å². The van der Waals surface area contributed by atoms with E-state index in [2.05, 4.69) is 9.82 Å². The van der Waals surface area contributed by atoms with Crippen molar-refractivity contribution in [2.45, 2.75) is 4.90 Å². The van der Waals surface area contributed by atoms with Crippen LogP contribution in [-0.4, -0.2) is 18.2 Å². The fourth-order valence-electron chi connectivity index (χ4n) is 1.56. The van der Waals surface area contributed by atoms with Crippen LogP contribution in [0.3, 0.4) is 0 Å². The van der Waals surface area contributed by atoms with E-state index in [-0.39, 0.29) is 21.4 Å². The van der Waals surface area contributed by atoms with Gasteiger partial charge in [-0.2, -0.15) is 10.4 Å². The molecule has 3 N–H and O–H groups in total. The minimum Gasteiger partial charge on any atom is -0.381 e. The van der Waals surface area contributed by atoms with Gasteiger partial charge in [-0.05, 0) is 18.2 Å². The van der Waals surface area contributed by atoms with E-state index in [0.717, 1.165) is 0 Å². The van der Waals surface area contributed by atoms with Crippen molar-refractivity contribution < 1.29 is 8.42 Å². The topological polar surface area (TPSA) is 114 Å². The van der Waals surface area contributed by atoms with Crippen molar-refractivity contribution in [3.05, 3.63) is 35.0 Å². The maximum atomic E-state index is 12.2. The molecule has 0 aliphatic heterocycles. The van der Waals surface area contributed by atoms with E-state index in [9.17, 15) is 8.42 Å². The van der Waals surface area contributed by atoms with Gasteiger partial charge >= 0.3 is 0 Å². The molecule has 0 atom stereocenters. The van der Waals surface area contributed by atoms with Gasteiger partial charge in [-0.1, -0.05) is 11.6 Å². The number of nitriles is 1. The molecule has 0 saturated carbocycles. The predicted octanol–water partition coefficient (Wildman–Crippen LogP) is 1.33. The van der Waals surface area contributed by atoms with Crippen LogP contribution in [-0.2, 0) is 17.1 Å². The summed E-state index contributed by atoms with van der Waals surface area (Å²) in [5, 5.41) is 12.6. The van der Waals surface area contributed by atoms with Crippen LogP contribution in [0.25, 0.3) is 0 Å². The van der Waals surface area contributed by atoms with Crippen molar-refractivity contribution in [2.24, 2.45) is 7.05 Å². The molecule has 2 rings (SSSR count). The summed E-state index contributed by atoms with van der Waals surface area (Å²) in [5.74, 6) is -0.107. The zero-order valence-corrected chi connectivity index (χ0v) is 11.9. The molecule has 0 aliphatic carbocycles. The van der Waals surface area contributed by atoms with E-state index in [1.54, 1.807) is 7.05 Å². The Morgan fingerprint density at radius 3 is 2.70 bits per heavy atom. The number of rotatable bonds is 3. The lowest BCUT2D eigenvalue weighted by atomic mass is 10.2. The molecular formula is C11H10ClN5O2S. The van der Waals surface area contributed by atoms with Gasteiger partial charge in [0, 0.05) is 13.2 Å². The number of halogens is 1. The number of anilines is 2. The Morgan fingerprint density at radius 2 is 2.20 bits per heavy atom. The van der Waals surface area contributed by atoms with Crippen LogP contribution >= 0.6 is 11.6 Å². The molecule has 104 valence electrons. The van der Waals surface area contributed by atoms with Crippen LogP contribution < -0.4 is 10.5 Å². The minimum absolute atomic E-state index is 0.107. The maximum Gasteiger partial charge on any atom is 0.267 e. The Morgan fingerprint density at radius 1 is 1.50 bits per heavy atom. The third-order valence-electron chi connectivity index (χ3n) is 2.45. The maximum absolute atomic E-state index is 12.2. The van der Waals surface area contributed by atoms with E-state index in [4.69, 9.17) is 22.6 Å². The minimum atomic E-state index is -3.89. The summed E-state index contributed by atoms with van der Waals surface area (Å²) >= 11 is 5.92. The smallest absolute Gasteiger partial charge is 0.267 e. The number of nitrogens with one attached hydrogen (secondary N) is 1. The van der Waals surface area contributed by atoms with Gasteiger partial charge in [0.05, 0.1) is 22.3 Å². The number of hydrogen-bond acceptors (Lipinski definition) is 5. The Hall–Kier alpha value is -2.24. The van der Waals surface area contributed by atoms with Crippen molar-refractivity contribution in [2.75, 3.05) is 10.5 Å². The lowest BCUT2D eigenvalue weighted by Gasteiger charge is -2.08. The van der Waals surface area contributed by atoms with E-state index in [0.29, 0.717) is 5.56 Å². The van der Waals surface area contributed by atoms with Crippen LogP contribution in [0.1, 0.15) is 5.56 Å². The van der Waals surface area contributed by atoms with Crippen molar-refractivity contribution in [1.29, 1.82) is 5.26 Å².